The Morgan fingerprint density at radius 2 is 1.86 bits per heavy atom. The van der Waals surface area contributed by atoms with Crippen molar-refractivity contribution in [3.8, 4) is 0 Å². The first-order chi connectivity index (χ1) is 13.9. The van der Waals surface area contributed by atoms with Crippen LogP contribution in [0.2, 0.25) is 5.02 Å². The van der Waals surface area contributed by atoms with Gasteiger partial charge in [-0.1, -0.05) is 41.9 Å². The number of aryl methyl sites for hydroxylation is 2. The number of amides is 1. The van der Waals surface area contributed by atoms with E-state index in [-0.39, 0.29) is 17.6 Å². The Morgan fingerprint density at radius 3 is 2.45 bits per heavy atom. The highest BCUT2D eigenvalue weighted by Gasteiger charge is 2.31. The van der Waals surface area contributed by atoms with Gasteiger partial charge in [-0.05, 0) is 54.7 Å². The molecule has 2 aromatic carbocycles. The molecule has 0 spiro atoms. The Morgan fingerprint density at radius 1 is 1.17 bits per heavy atom. The van der Waals surface area contributed by atoms with Gasteiger partial charge < -0.3 is 4.90 Å². The lowest BCUT2D eigenvalue weighted by atomic mass is 10.0. The molecular formula is C23H23ClFN3O. The standard InChI is InChI=1S/C23H23ClFN3O/c1-15-9-21(27(2)26-15)14-28(13-18-7-8-20(25)12-22(18)24)23(29)19-10-16-5-3-4-6-17(16)11-19/h3-9,12,19H,10-11,13-14H2,1-2H3. The number of carbonyl (C=O) groups is 1. The van der Waals surface area contributed by atoms with Crippen molar-refractivity contribution in [2.24, 2.45) is 13.0 Å². The molecule has 6 heteroatoms. The van der Waals surface area contributed by atoms with E-state index < -0.39 is 0 Å². The Kier molecular flexibility index (Phi) is 5.41. The van der Waals surface area contributed by atoms with Gasteiger partial charge in [-0.2, -0.15) is 5.10 Å². The van der Waals surface area contributed by atoms with E-state index in [1.54, 1.807) is 10.7 Å². The van der Waals surface area contributed by atoms with Crippen LogP contribution in [0.15, 0.2) is 48.5 Å². The van der Waals surface area contributed by atoms with Gasteiger partial charge in [0.25, 0.3) is 0 Å². The number of hydrogen-bond acceptors (Lipinski definition) is 2. The van der Waals surface area contributed by atoms with Gasteiger partial charge in [0.15, 0.2) is 0 Å². The molecule has 0 fully saturated rings. The van der Waals surface area contributed by atoms with Crippen molar-refractivity contribution < 1.29 is 9.18 Å². The molecule has 0 unspecified atom stereocenters. The van der Waals surface area contributed by atoms with Gasteiger partial charge in [0.05, 0.1) is 17.9 Å². The summed E-state index contributed by atoms with van der Waals surface area (Å²) in [7, 11) is 1.88. The second-order valence-corrected chi connectivity index (χ2v) is 8.11. The Bertz CT molecular complexity index is 1040. The Balaban J connectivity index is 1.60. The molecule has 4 nitrogen and oxygen atoms in total. The zero-order chi connectivity index (χ0) is 20.5. The number of benzene rings is 2. The number of aromatic nitrogens is 2. The zero-order valence-corrected chi connectivity index (χ0v) is 17.3. The third kappa shape index (κ3) is 4.20. The maximum atomic E-state index is 13.5. The summed E-state index contributed by atoms with van der Waals surface area (Å²) < 4.78 is 15.3. The molecule has 0 aliphatic heterocycles. The third-order valence-corrected chi connectivity index (χ3v) is 5.89. The summed E-state index contributed by atoms with van der Waals surface area (Å²) in [5, 5.41) is 4.72. The van der Waals surface area contributed by atoms with Gasteiger partial charge in [-0.3, -0.25) is 9.48 Å². The van der Waals surface area contributed by atoms with Crippen molar-refractivity contribution in [3.63, 3.8) is 0 Å². The third-order valence-electron chi connectivity index (χ3n) is 5.54. The molecule has 1 aliphatic carbocycles. The van der Waals surface area contributed by atoms with E-state index in [1.165, 1.54) is 23.3 Å². The summed E-state index contributed by atoms with van der Waals surface area (Å²) in [6, 6.07) is 14.5. The lowest BCUT2D eigenvalue weighted by Gasteiger charge is -2.26. The fourth-order valence-corrected chi connectivity index (χ4v) is 4.29. The van der Waals surface area contributed by atoms with Crippen LogP contribution < -0.4 is 0 Å². The van der Waals surface area contributed by atoms with E-state index in [1.807, 2.05) is 37.1 Å². The Hall–Kier alpha value is -2.66. The average Bonchev–Trinajstić information content (AvgIpc) is 3.25. The molecule has 0 bridgehead atoms. The molecule has 0 radical (unpaired) electrons. The van der Waals surface area contributed by atoms with Crippen molar-refractivity contribution >= 4 is 17.5 Å². The highest BCUT2D eigenvalue weighted by Crippen LogP contribution is 2.29. The minimum Gasteiger partial charge on any atom is -0.332 e. The van der Waals surface area contributed by atoms with Gasteiger partial charge in [-0.25, -0.2) is 4.39 Å². The van der Waals surface area contributed by atoms with E-state index >= 15 is 0 Å². The fourth-order valence-electron chi connectivity index (χ4n) is 4.07. The van der Waals surface area contributed by atoms with E-state index in [4.69, 9.17) is 11.6 Å². The number of halogens is 2. The second kappa shape index (κ2) is 7.99. The van der Waals surface area contributed by atoms with Crippen molar-refractivity contribution in [1.82, 2.24) is 14.7 Å². The summed E-state index contributed by atoms with van der Waals surface area (Å²) in [5.74, 6) is -0.397. The van der Waals surface area contributed by atoms with Crippen LogP contribution in [0, 0.1) is 18.7 Å². The number of nitrogens with zero attached hydrogens (tertiary/aromatic N) is 3. The van der Waals surface area contributed by atoms with Crippen LogP contribution in [-0.4, -0.2) is 20.6 Å². The molecule has 0 atom stereocenters. The predicted octanol–water partition coefficient (Wildman–Crippen LogP) is 4.46. The van der Waals surface area contributed by atoms with Gasteiger partial charge in [-0.15, -0.1) is 0 Å². The molecule has 29 heavy (non-hydrogen) atoms. The molecule has 0 N–H and O–H groups in total. The van der Waals surface area contributed by atoms with Gasteiger partial charge in [0.2, 0.25) is 5.91 Å². The zero-order valence-electron chi connectivity index (χ0n) is 16.5. The van der Waals surface area contributed by atoms with Gasteiger partial charge in [0.1, 0.15) is 5.82 Å². The van der Waals surface area contributed by atoms with Crippen LogP contribution >= 0.6 is 11.6 Å². The number of rotatable bonds is 5. The second-order valence-electron chi connectivity index (χ2n) is 7.70. The molecule has 1 aliphatic rings. The molecule has 0 saturated heterocycles. The van der Waals surface area contributed by atoms with Crippen molar-refractivity contribution in [2.45, 2.75) is 32.9 Å². The van der Waals surface area contributed by atoms with Gasteiger partial charge in [0, 0.05) is 24.5 Å². The molecule has 1 heterocycles. The van der Waals surface area contributed by atoms with Crippen LogP contribution in [0.25, 0.3) is 0 Å². The van der Waals surface area contributed by atoms with Crippen LogP contribution in [-0.2, 0) is 37.8 Å². The lowest BCUT2D eigenvalue weighted by molar-refractivity contribution is -0.136. The summed E-state index contributed by atoms with van der Waals surface area (Å²) in [6.07, 6.45) is 1.49. The molecule has 3 aromatic rings. The SMILES string of the molecule is Cc1cc(CN(Cc2ccc(F)cc2Cl)C(=O)C2Cc3ccccc3C2)n(C)n1. The van der Waals surface area contributed by atoms with Crippen LogP contribution in [0.3, 0.4) is 0 Å². The topological polar surface area (TPSA) is 38.1 Å². The van der Waals surface area contributed by atoms with E-state index in [2.05, 4.69) is 17.2 Å². The van der Waals surface area contributed by atoms with E-state index in [0.717, 1.165) is 29.8 Å². The minimum absolute atomic E-state index is 0.0837. The summed E-state index contributed by atoms with van der Waals surface area (Å²) in [6.45, 7) is 2.69. The number of carbonyl (C=O) groups excluding carboxylic acids is 1. The summed E-state index contributed by atoms with van der Waals surface area (Å²) in [5.41, 5.74) is 5.06. The molecule has 1 aromatic heterocycles. The maximum absolute atomic E-state index is 13.5. The largest absolute Gasteiger partial charge is 0.332 e. The number of hydrogen-bond donors (Lipinski definition) is 0. The monoisotopic (exact) mass is 411 g/mol. The predicted molar refractivity (Wildman–Crippen MR) is 111 cm³/mol. The summed E-state index contributed by atoms with van der Waals surface area (Å²) >= 11 is 6.25. The highest BCUT2D eigenvalue weighted by atomic mass is 35.5. The van der Waals surface area contributed by atoms with Crippen molar-refractivity contribution in [3.05, 3.63) is 87.4 Å². The van der Waals surface area contributed by atoms with E-state index in [0.29, 0.717) is 18.1 Å². The molecule has 150 valence electrons. The molecule has 4 rings (SSSR count). The first kappa shape index (κ1) is 19.6. The number of fused-ring (bicyclic) bond motifs is 1. The van der Waals surface area contributed by atoms with E-state index in [9.17, 15) is 9.18 Å². The first-order valence-corrected chi connectivity index (χ1v) is 10.1. The van der Waals surface area contributed by atoms with Crippen molar-refractivity contribution in [2.75, 3.05) is 0 Å². The smallest absolute Gasteiger partial charge is 0.227 e. The average molecular weight is 412 g/mol. The Labute approximate surface area is 174 Å². The first-order valence-electron chi connectivity index (χ1n) is 9.69. The van der Waals surface area contributed by atoms with Crippen LogP contribution in [0.4, 0.5) is 4.39 Å². The minimum atomic E-state index is -0.384. The molecule has 1 amide bonds. The fraction of sp³-hybridized carbons (Fsp3) is 0.304. The normalized spacial score (nSPS) is 13.5. The van der Waals surface area contributed by atoms with Crippen LogP contribution in [0.5, 0.6) is 0 Å². The lowest BCUT2D eigenvalue weighted by Crippen LogP contribution is -2.36. The molecule has 0 saturated carbocycles. The summed E-state index contributed by atoms with van der Waals surface area (Å²) in [4.78, 5) is 15.3. The quantitative estimate of drug-likeness (QED) is 0.621. The van der Waals surface area contributed by atoms with Gasteiger partial charge >= 0.3 is 0 Å². The maximum Gasteiger partial charge on any atom is 0.227 e. The highest BCUT2D eigenvalue weighted by molar-refractivity contribution is 6.31. The van der Waals surface area contributed by atoms with Crippen LogP contribution in [0.1, 0.15) is 28.1 Å². The van der Waals surface area contributed by atoms with Crippen molar-refractivity contribution in [1.29, 1.82) is 0 Å². The molecular weight excluding hydrogens is 389 g/mol.